The van der Waals surface area contributed by atoms with Crippen molar-refractivity contribution in [2.24, 2.45) is 5.92 Å². The Labute approximate surface area is 159 Å². The molecule has 3 rings (SSSR count). The highest BCUT2D eigenvalue weighted by Gasteiger charge is 2.35. The zero-order valence-electron chi connectivity index (χ0n) is 15.4. The van der Waals surface area contributed by atoms with Crippen molar-refractivity contribution in [1.82, 2.24) is 10.6 Å². The summed E-state index contributed by atoms with van der Waals surface area (Å²) in [7, 11) is 1.74. The first-order valence-corrected chi connectivity index (χ1v) is 10.7. The number of benzene rings is 1. The maximum absolute atomic E-state index is 13.0. The molecule has 2 N–H and O–H groups in total. The summed E-state index contributed by atoms with van der Waals surface area (Å²) in [5.74, 6) is 2.27. The number of halogens is 1. The minimum absolute atomic E-state index is 0.0136. The van der Waals surface area contributed by atoms with Crippen LogP contribution in [0.15, 0.2) is 24.3 Å². The van der Waals surface area contributed by atoms with Gasteiger partial charge in [0.15, 0.2) is 0 Å². The molecule has 2 fully saturated rings. The van der Waals surface area contributed by atoms with Gasteiger partial charge in [0, 0.05) is 31.7 Å². The topological polar surface area (TPSA) is 50.4 Å². The molecule has 1 aliphatic carbocycles. The van der Waals surface area contributed by atoms with Gasteiger partial charge in [-0.2, -0.15) is 11.8 Å². The molecular weight excluding hydrogens is 351 g/mol. The van der Waals surface area contributed by atoms with Gasteiger partial charge < -0.3 is 15.4 Å². The third-order valence-electron chi connectivity index (χ3n) is 5.52. The number of nitrogens with one attached hydrogen (secondary N) is 2. The van der Waals surface area contributed by atoms with Gasteiger partial charge in [-0.3, -0.25) is 4.79 Å². The summed E-state index contributed by atoms with van der Waals surface area (Å²) in [6.45, 7) is 0.439. The zero-order chi connectivity index (χ0) is 18.4. The predicted octanol–water partition coefficient (Wildman–Crippen LogP) is 3.11. The lowest BCUT2D eigenvalue weighted by atomic mass is 9.82. The highest BCUT2D eigenvalue weighted by Crippen LogP contribution is 2.28. The van der Waals surface area contributed by atoms with Crippen molar-refractivity contribution < 1.29 is 13.9 Å². The van der Waals surface area contributed by atoms with Crippen LogP contribution in [0, 0.1) is 11.7 Å². The molecule has 1 amide bonds. The van der Waals surface area contributed by atoms with Gasteiger partial charge in [-0.05, 0) is 61.3 Å². The maximum Gasteiger partial charge on any atom is 0.223 e. The summed E-state index contributed by atoms with van der Waals surface area (Å²) >= 11 is 2.03. The largest absolute Gasteiger partial charge is 0.380 e. The van der Waals surface area contributed by atoms with Crippen molar-refractivity contribution in [3.63, 3.8) is 0 Å². The zero-order valence-corrected chi connectivity index (χ0v) is 16.2. The average molecular weight is 381 g/mol. The van der Waals surface area contributed by atoms with Crippen molar-refractivity contribution in [1.29, 1.82) is 0 Å². The first-order valence-electron chi connectivity index (χ1n) is 9.54. The summed E-state index contributed by atoms with van der Waals surface area (Å²) < 4.78 is 18.7. The molecule has 1 aromatic carbocycles. The monoisotopic (exact) mass is 380 g/mol. The Morgan fingerprint density at radius 1 is 1.19 bits per heavy atom. The minimum Gasteiger partial charge on any atom is -0.380 e. The van der Waals surface area contributed by atoms with E-state index in [1.54, 1.807) is 19.2 Å². The van der Waals surface area contributed by atoms with E-state index in [1.807, 2.05) is 11.8 Å². The molecule has 1 saturated heterocycles. The SMILES string of the molecule is CO[C@H]1C[C@@H](C(=O)NCc2ccc(F)cc2)CC[C@@H]1NC1CCSCC1. The number of thioether (sulfide) groups is 1. The molecule has 144 valence electrons. The highest BCUT2D eigenvalue weighted by molar-refractivity contribution is 7.99. The second-order valence-corrected chi connectivity index (χ2v) is 8.51. The third kappa shape index (κ3) is 5.44. The second-order valence-electron chi connectivity index (χ2n) is 7.29. The average Bonchev–Trinajstić information content (AvgIpc) is 2.68. The Hall–Kier alpha value is -1.11. The normalized spacial score (nSPS) is 27.2. The Morgan fingerprint density at radius 2 is 1.92 bits per heavy atom. The Balaban J connectivity index is 1.47. The fraction of sp³-hybridized carbons (Fsp3) is 0.650. The lowest BCUT2D eigenvalue weighted by Crippen LogP contribution is -2.51. The summed E-state index contributed by atoms with van der Waals surface area (Å²) in [6, 6.07) is 7.18. The molecule has 2 aliphatic rings. The third-order valence-corrected chi connectivity index (χ3v) is 6.57. The van der Waals surface area contributed by atoms with Crippen LogP contribution in [-0.4, -0.2) is 42.7 Å². The fourth-order valence-electron chi connectivity index (χ4n) is 3.92. The van der Waals surface area contributed by atoms with Crippen LogP contribution in [0.5, 0.6) is 0 Å². The molecule has 26 heavy (non-hydrogen) atoms. The van der Waals surface area contributed by atoms with Crippen LogP contribution in [-0.2, 0) is 16.1 Å². The van der Waals surface area contributed by atoms with Gasteiger partial charge in [-0.1, -0.05) is 12.1 Å². The number of carbonyl (C=O) groups excluding carboxylic acids is 1. The van der Waals surface area contributed by atoms with Gasteiger partial charge in [-0.25, -0.2) is 4.39 Å². The van der Waals surface area contributed by atoms with Crippen LogP contribution >= 0.6 is 11.8 Å². The molecule has 1 aromatic rings. The van der Waals surface area contributed by atoms with Gasteiger partial charge in [0.1, 0.15) is 5.82 Å². The first-order chi connectivity index (χ1) is 12.7. The van der Waals surface area contributed by atoms with E-state index in [-0.39, 0.29) is 23.7 Å². The lowest BCUT2D eigenvalue weighted by Gasteiger charge is -2.38. The van der Waals surface area contributed by atoms with Crippen LogP contribution in [0.2, 0.25) is 0 Å². The molecule has 3 atom stereocenters. The molecule has 1 saturated carbocycles. The first kappa shape index (κ1) is 19.6. The van der Waals surface area contributed by atoms with Crippen molar-refractivity contribution >= 4 is 17.7 Å². The molecule has 1 aliphatic heterocycles. The molecule has 0 spiro atoms. The van der Waals surface area contributed by atoms with E-state index in [2.05, 4.69) is 10.6 Å². The number of methoxy groups -OCH3 is 1. The van der Waals surface area contributed by atoms with Gasteiger partial charge in [0.2, 0.25) is 5.91 Å². The van der Waals surface area contributed by atoms with Crippen molar-refractivity contribution in [2.75, 3.05) is 18.6 Å². The summed E-state index contributed by atoms with van der Waals surface area (Å²) in [5.41, 5.74) is 0.911. The molecule has 4 nitrogen and oxygen atoms in total. The number of carbonyl (C=O) groups is 1. The van der Waals surface area contributed by atoms with Crippen LogP contribution in [0.1, 0.15) is 37.7 Å². The van der Waals surface area contributed by atoms with E-state index in [1.165, 1.54) is 36.5 Å². The summed E-state index contributed by atoms with van der Waals surface area (Å²) in [6.07, 6.45) is 5.13. The van der Waals surface area contributed by atoms with Crippen molar-refractivity contribution in [3.05, 3.63) is 35.6 Å². The van der Waals surface area contributed by atoms with Crippen LogP contribution < -0.4 is 10.6 Å². The quantitative estimate of drug-likeness (QED) is 0.796. The standard InChI is InChI=1S/C20H29FN2O2S/c1-25-19-12-15(4-7-18(19)23-17-8-10-26-11-9-17)20(24)22-13-14-2-5-16(21)6-3-14/h2-3,5-6,15,17-19,23H,4,7-13H2,1H3,(H,22,24)/t15-,18-,19-/m0/s1. The summed E-state index contributed by atoms with van der Waals surface area (Å²) in [4.78, 5) is 12.5. The Kier molecular flexibility index (Phi) is 7.34. The fourth-order valence-corrected chi connectivity index (χ4v) is 5.03. The molecular formula is C20H29FN2O2S. The van der Waals surface area contributed by atoms with E-state index < -0.39 is 0 Å². The van der Waals surface area contributed by atoms with E-state index >= 15 is 0 Å². The van der Waals surface area contributed by atoms with E-state index in [9.17, 15) is 9.18 Å². The molecule has 0 aromatic heterocycles. The van der Waals surface area contributed by atoms with Crippen molar-refractivity contribution in [2.45, 2.75) is 56.8 Å². The molecule has 6 heteroatoms. The highest BCUT2D eigenvalue weighted by atomic mass is 32.2. The number of ether oxygens (including phenoxy) is 1. The van der Waals surface area contributed by atoms with E-state index in [0.29, 0.717) is 18.6 Å². The number of rotatable bonds is 6. The minimum atomic E-state index is -0.259. The van der Waals surface area contributed by atoms with Crippen LogP contribution in [0.25, 0.3) is 0 Å². The maximum atomic E-state index is 13.0. The lowest BCUT2D eigenvalue weighted by molar-refractivity contribution is -0.128. The van der Waals surface area contributed by atoms with Gasteiger partial charge >= 0.3 is 0 Å². The Bertz CT molecular complexity index is 578. The molecule has 1 heterocycles. The smallest absolute Gasteiger partial charge is 0.223 e. The molecule has 0 bridgehead atoms. The number of hydrogen-bond donors (Lipinski definition) is 2. The van der Waals surface area contributed by atoms with E-state index in [0.717, 1.165) is 24.8 Å². The van der Waals surface area contributed by atoms with Gasteiger partial charge in [0.05, 0.1) is 6.10 Å². The van der Waals surface area contributed by atoms with Crippen LogP contribution in [0.4, 0.5) is 4.39 Å². The molecule has 0 radical (unpaired) electrons. The van der Waals surface area contributed by atoms with Gasteiger partial charge in [0.25, 0.3) is 0 Å². The number of hydrogen-bond acceptors (Lipinski definition) is 4. The van der Waals surface area contributed by atoms with Crippen LogP contribution in [0.3, 0.4) is 0 Å². The molecule has 0 unspecified atom stereocenters. The number of amides is 1. The summed E-state index contributed by atoms with van der Waals surface area (Å²) in [5, 5.41) is 6.76. The second kappa shape index (κ2) is 9.72. The predicted molar refractivity (Wildman–Crippen MR) is 104 cm³/mol. The van der Waals surface area contributed by atoms with E-state index in [4.69, 9.17) is 4.74 Å². The van der Waals surface area contributed by atoms with Crippen molar-refractivity contribution in [3.8, 4) is 0 Å². The van der Waals surface area contributed by atoms with Gasteiger partial charge in [-0.15, -0.1) is 0 Å². The Morgan fingerprint density at radius 3 is 2.62 bits per heavy atom.